The van der Waals surface area contributed by atoms with Gasteiger partial charge >= 0.3 is 0 Å². The molecule has 2 aromatic rings. The zero-order valence-electron chi connectivity index (χ0n) is 8.79. The van der Waals surface area contributed by atoms with Crippen molar-refractivity contribution in [1.29, 1.82) is 0 Å². The van der Waals surface area contributed by atoms with Crippen molar-refractivity contribution in [3.8, 4) is 0 Å². The molecule has 0 N–H and O–H groups in total. The van der Waals surface area contributed by atoms with Crippen LogP contribution >= 0.6 is 0 Å². The summed E-state index contributed by atoms with van der Waals surface area (Å²) in [6.45, 7) is 7.97. The van der Waals surface area contributed by atoms with Crippen molar-refractivity contribution >= 4 is 18.9 Å². The molecule has 0 saturated carbocycles. The molecule has 0 radical (unpaired) electrons. The maximum absolute atomic E-state index is 12.1. The fourth-order valence-electron chi connectivity index (χ4n) is 2.31. The largest absolute Gasteiger partial charge is 0.289 e. The van der Waals surface area contributed by atoms with Gasteiger partial charge in [0.2, 0.25) is 0 Å². The van der Waals surface area contributed by atoms with E-state index in [4.69, 9.17) is 0 Å². The van der Waals surface area contributed by atoms with Crippen molar-refractivity contribution in [1.82, 2.24) is 0 Å². The minimum atomic E-state index is 0.0843. The van der Waals surface area contributed by atoms with E-state index in [0.717, 1.165) is 32.0 Å². The first-order chi connectivity index (χ1) is 7.70. The molecule has 1 aliphatic rings. The van der Waals surface area contributed by atoms with Crippen LogP contribution in [0.2, 0.25) is 0 Å². The van der Waals surface area contributed by atoms with E-state index >= 15 is 0 Å². The number of rotatable bonds is 0. The lowest BCUT2D eigenvalue weighted by molar-refractivity contribution is 0.104. The van der Waals surface area contributed by atoms with E-state index in [0.29, 0.717) is 0 Å². The summed E-state index contributed by atoms with van der Waals surface area (Å²) in [5, 5.41) is 3.68. The molecule has 2 aromatic carbocycles. The van der Waals surface area contributed by atoms with Crippen LogP contribution in [0.15, 0.2) is 36.4 Å². The van der Waals surface area contributed by atoms with Crippen LogP contribution < -0.4 is 10.4 Å². The summed E-state index contributed by atoms with van der Waals surface area (Å²) in [5.74, 6) is 0.0843. The minimum absolute atomic E-state index is 0.0843. The smallest absolute Gasteiger partial charge is 0.194 e. The number of carbonyl (C=O) groups excluding carboxylic acids is 1. The van der Waals surface area contributed by atoms with Crippen molar-refractivity contribution in [2.45, 2.75) is 0 Å². The van der Waals surface area contributed by atoms with Crippen molar-refractivity contribution in [3.63, 3.8) is 0 Å². The molecule has 1 nitrogen and oxygen atoms in total. The van der Waals surface area contributed by atoms with E-state index in [2.05, 4.69) is 13.2 Å². The predicted molar refractivity (Wildman–Crippen MR) is 64.3 cm³/mol. The van der Waals surface area contributed by atoms with Crippen molar-refractivity contribution in [3.05, 3.63) is 68.4 Å². The first kappa shape index (κ1) is 9.10. The van der Waals surface area contributed by atoms with Gasteiger partial charge in [-0.2, -0.15) is 0 Å². The van der Waals surface area contributed by atoms with Gasteiger partial charge in [-0.05, 0) is 10.4 Å². The van der Waals surface area contributed by atoms with Crippen LogP contribution in [0.1, 0.15) is 15.9 Å². The molecule has 76 valence electrons. The van der Waals surface area contributed by atoms with Crippen LogP contribution in [-0.4, -0.2) is 5.78 Å². The Labute approximate surface area is 92.7 Å². The molecule has 1 aliphatic carbocycles. The van der Waals surface area contributed by atoms with Gasteiger partial charge in [0.1, 0.15) is 0 Å². The Morgan fingerprint density at radius 2 is 1.19 bits per heavy atom. The summed E-state index contributed by atoms with van der Waals surface area (Å²) in [7, 11) is 0. The average Bonchev–Trinajstić information content (AvgIpc) is 2.56. The number of ketones is 1. The Hall–Kier alpha value is -2.15. The summed E-state index contributed by atoms with van der Waals surface area (Å²) in [6.07, 6.45) is 0. The topological polar surface area (TPSA) is 17.1 Å². The van der Waals surface area contributed by atoms with Crippen LogP contribution in [0.4, 0.5) is 0 Å². The van der Waals surface area contributed by atoms with Crippen LogP contribution in [0.5, 0.6) is 0 Å². The first-order valence-corrected chi connectivity index (χ1v) is 5.15. The first-order valence-electron chi connectivity index (χ1n) is 5.15. The van der Waals surface area contributed by atoms with Gasteiger partial charge in [-0.1, -0.05) is 49.6 Å². The number of benzene rings is 2. The maximum atomic E-state index is 12.1. The maximum Gasteiger partial charge on any atom is 0.194 e. The molecule has 3 rings (SSSR count). The van der Waals surface area contributed by atoms with Gasteiger partial charge in [-0.3, -0.25) is 4.79 Å². The third kappa shape index (κ3) is 0.974. The SMILES string of the molecule is C=c1cccc2c1=c1c(cccc1=C)C2=O. The molecule has 0 aliphatic heterocycles. The Kier molecular flexibility index (Phi) is 1.66. The fourth-order valence-corrected chi connectivity index (χ4v) is 2.31. The quantitative estimate of drug-likeness (QED) is 0.542. The molecule has 0 fully saturated rings. The summed E-state index contributed by atoms with van der Waals surface area (Å²) >= 11 is 0. The van der Waals surface area contributed by atoms with E-state index in [1.807, 2.05) is 36.4 Å². The van der Waals surface area contributed by atoms with Gasteiger partial charge in [0.05, 0.1) is 0 Å². The second-order valence-corrected chi connectivity index (χ2v) is 4.01. The van der Waals surface area contributed by atoms with Crippen LogP contribution in [-0.2, 0) is 0 Å². The molecule has 16 heavy (non-hydrogen) atoms. The Morgan fingerprint density at radius 1 is 0.750 bits per heavy atom. The van der Waals surface area contributed by atoms with Gasteiger partial charge in [-0.15, -0.1) is 0 Å². The van der Waals surface area contributed by atoms with Gasteiger partial charge < -0.3 is 0 Å². The zero-order chi connectivity index (χ0) is 11.3. The standard InChI is InChI=1S/C15H10O/c1-9-5-3-7-11-13(9)14-10(2)6-4-8-12(14)15(11)16/h3-8H,1-2H2. The molecule has 0 heterocycles. The van der Waals surface area contributed by atoms with Crippen LogP contribution in [0.3, 0.4) is 0 Å². The normalized spacial score (nSPS) is 12.4. The number of fused-ring (bicyclic) bond motifs is 2. The molecule has 1 heteroatoms. The minimum Gasteiger partial charge on any atom is -0.289 e. The van der Waals surface area contributed by atoms with Gasteiger partial charge in [0.15, 0.2) is 5.78 Å². The van der Waals surface area contributed by atoms with Gasteiger partial charge in [-0.25, -0.2) is 0 Å². The number of carbonyl (C=O) groups is 1. The molecule has 0 atom stereocenters. The third-order valence-corrected chi connectivity index (χ3v) is 3.04. The number of hydrogen-bond donors (Lipinski definition) is 0. The van der Waals surface area contributed by atoms with Crippen molar-refractivity contribution in [2.24, 2.45) is 0 Å². The van der Waals surface area contributed by atoms with E-state index < -0.39 is 0 Å². The molecular weight excluding hydrogens is 196 g/mol. The van der Waals surface area contributed by atoms with E-state index in [-0.39, 0.29) is 5.78 Å². The number of hydrogen-bond acceptors (Lipinski definition) is 1. The lowest BCUT2D eigenvalue weighted by Gasteiger charge is -1.93. The highest BCUT2D eigenvalue weighted by Crippen LogP contribution is 2.16. The molecule has 0 unspecified atom stereocenters. The second-order valence-electron chi connectivity index (χ2n) is 4.01. The second kappa shape index (κ2) is 2.92. The molecule has 0 aromatic heterocycles. The monoisotopic (exact) mass is 206 g/mol. The lowest BCUT2D eigenvalue weighted by atomic mass is 10.1. The highest BCUT2D eigenvalue weighted by molar-refractivity contribution is 6.11. The summed E-state index contributed by atoms with van der Waals surface area (Å²) < 4.78 is 0. The molecular formula is C15H10O. The fraction of sp³-hybridized carbons (Fsp3) is 0. The highest BCUT2D eigenvalue weighted by atomic mass is 16.1. The zero-order valence-corrected chi connectivity index (χ0v) is 8.79. The Bertz CT molecular complexity index is 733. The summed E-state index contributed by atoms with van der Waals surface area (Å²) in [6, 6.07) is 11.3. The van der Waals surface area contributed by atoms with Crippen LogP contribution in [0.25, 0.3) is 13.2 Å². The van der Waals surface area contributed by atoms with E-state index in [1.165, 1.54) is 0 Å². The lowest BCUT2D eigenvalue weighted by Crippen LogP contribution is -2.06. The predicted octanol–water partition coefficient (Wildman–Crippen LogP) is 1.34. The highest BCUT2D eigenvalue weighted by Gasteiger charge is 2.19. The van der Waals surface area contributed by atoms with Gasteiger partial charge in [0, 0.05) is 21.6 Å². The van der Waals surface area contributed by atoms with Crippen molar-refractivity contribution < 1.29 is 4.79 Å². The summed E-state index contributed by atoms with van der Waals surface area (Å²) in [5.41, 5.74) is 1.50. The molecule has 0 bridgehead atoms. The van der Waals surface area contributed by atoms with E-state index in [1.54, 1.807) is 0 Å². The van der Waals surface area contributed by atoms with Crippen molar-refractivity contribution in [2.75, 3.05) is 0 Å². The van der Waals surface area contributed by atoms with Crippen LogP contribution in [0, 0.1) is 10.4 Å². The molecule has 0 spiro atoms. The summed E-state index contributed by atoms with van der Waals surface area (Å²) in [4.78, 5) is 12.1. The molecule has 0 saturated heterocycles. The average molecular weight is 206 g/mol. The van der Waals surface area contributed by atoms with Gasteiger partial charge in [0.25, 0.3) is 0 Å². The Balaban J connectivity index is 2.84. The molecule has 0 amide bonds. The third-order valence-electron chi connectivity index (χ3n) is 3.04. The Morgan fingerprint density at radius 3 is 1.62 bits per heavy atom. The van der Waals surface area contributed by atoms with E-state index in [9.17, 15) is 4.79 Å².